The second-order valence-electron chi connectivity index (χ2n) is 20.4. The molecule has 0 bridgehead atoms. The highest BCUT2D eigenvalue weighted by Crippen LogP contribution is 2.41. The van der Waals surface area contributed by atoms with Crippen molar-refractivity contribution in [3.8, 4) is 0 Å². The molecule has 9 aliphatic rings. The normalized spacial score (nSPS) is 18.9. The van der Waals surface area contributed by atoms with Crippen LogP contribution in [0.1, 0.15) is 199 Å². The van der Waals surface area contributed by atoms with E-state index in [9.17, 15) is 24.0 Å². The lowest BCUT2D eigenvalue weighted by molar-refractivity contribution is -0.120. The van der Waals surface area contributed by atoms with E-state index in [1.54, 1.807) is 13.8 Å². The first-order chi connectivity index (χ1) is 45.0. The zero-order valence-corrected chi connectivity index (χ0v) is 58.4. The third-order valence-corrected chi connectivity index (χ3v) is 15.1. The molecule has 3 fully saturated rings. The molecule has 0 amide bonds. The zero-order valence-electron chi connectivity index (χ0n) is 57.6. The second-order valence-corrected chi connectivity index (χ2v) is 20.9. The highest BCUT2D eigenvalue weighted by molar-refractivity contribution is 6.32. The summed E-state index contributed by atoms with van der Waals surface area (Å²) in [6.45, 7) is 31.2. The molecule has 2 saturated heterocycles. The highest BCUT2D eigenvalue weighted by atomic mass is 35.5. The number of nitrogens with zero attached hydrogens (tertiary/aromatic N) is 3. The molecule has 5 aromatic carbocycles. The molecule has 14 rings (SSSR count). The third kappa shape index (κ3) is 27.0. The molecular weight excluding hydrogens is 1160 g/mol. The molecule has 5 aromatic rings. The summed E-state index contributed by atoms with van der Waals surface area (Å²) in [6, 6.07) is 49.2. The number of benzene rings is 5. The summed E-state index contributed by atoms with van der Waals surface area (Å²) in [5.74, 6) is 1.52. The summed E-state index contributed by atoms with van der Waals surface area (Å²) in [5.41, 5.74) is 13.3. The van der Waals surface area contributed by atoms with Crippen LogP contribution in [0.15, 0.2) is 220 Å². The molecule has 11 nitrogen and oxygen atoms in total. The van der Waals surface area contributed by atoms with Crippen LogP contribution < -0.4 is 10.6 Å². The van der Waals surface area contributed by atoms with Crippen LogP contribution >= 0.6 is 11.6 Å². The van der Waals surface area contributed by atoms with E-state index in [4.69, 9.17) is 16.8 Å². The summed E-state index contributed by atoms with van der Waals surface area (Å²) in [5, 5.41) is 18.8. The quantitative estimate of drug-likeness (QED) is 0.0510. The van der Waals surface area contributed by atoms with Crippen molar-refractivity contribution in [3.05, 3.63) is 244 Å². The molecule has 12 heteroatoms. The second kappa shape index (κ2) is 46.9. The minimum absolute atomic E-state index is 0.0416. The number of hydrogen-bond acceptors (Lipinski definition) is 11. The molecule has 0 radical (unpaired) electrons. The van der Waals surface area contributed by atoms with Crippen LogP contribution in [0, 0.1) is 11.8 Å². The van der Waals surface area contributed by atoms with Crippen LogP contribution in [-0.4, -0.2) is 76.6 Å². The van der Waals surface area contributed by atoms with Crippen molar-refractivity contribution in [2.45, 2.75) is 167 Å². The number of nitrogens with one attached hydrogen (secondary N) is 2. The molecule has 0 spiro atoms. The van der Waals surface area contributed by atoms with Crippen molar-refractivity contribution >= 4 is 57.5 Å². The molecule has 494 valence electrons. The van der Waals surface area contributed by atoms with Crippen LogP contribution in [0.25, 0.3) is 5.57 Å². The number of carbonyl (C=O) groups is 5. The first-order valence-corrected chi connectivity index (χ1v) is 34.1. The monoisotopic (exact) mass is 1270 g/mol. The molecule has 92 heavy (non-hydrogen) atoms. The lowest BCUT2D eigenvalue weighted by Gasteiger charge is -2.21. The Morgan fingerprint density at radius 3 is 1.65 bits per heavy atom. The SMILES string of the molecule is C/C(=N/O)c1ccccc1.CC.CC.CC.CC.CC.CC.CC(=O)c1ccccc1.O=C1C=C(Cl)CC1.O=C1C=C(N2CC2c2ccccc2)CC1.O=C1CCC2=C1c1ccccc1CCN2.O=C1CCC2=NCC=C3C=CC=CC3C12.c1ccc(C2CN2)cc1. The van der Waals surface area contributed by atoms with E-state index < -0.39 is 0 Å². The predicted octanol–water partition coefficient (Wildman–Crippen LogP) is 19.0. The first kappa shape index (κ1) is 80.0. The van der Waals surface area contributed by atoms with Gasteiger partial charge in [0.05, 0.1) is 24.2 Å². The molecule has 4 heterocycles. The third-order valence-electron chi connectivity index (χ3n) is 14.8. The topological polar surface area (TPSA) is 167 Å². The Hall–Kier alpha value is -8.12. The number of allylic oxidation sites excluding steroid dienone is 11. The van der Waals surface area contributed by atoms with Gasteiger partial charge < -0.3 is 20.7 Å². The fraction of sp³-hybridized carbons (Fsp3) is 0.388. The zero-order chi connectivity index (χ0) is 68.2. The number of aliphatic imine (C=N–C) groups is 1. The van der Waals surface area contributed by atoms with Gasteiger partial charge in [0.25, 0.3) is 0 Å². The highest BCUT2D eigenvalue weighted by Gasteiger charge is 2.39. The number of hydrogen-bond donors (Lipinski definition) is 3. The predicted molar refractivity (Wildman–Crippen MR) is 388 cm³/mol. The van der Waals surface area contributed by atoms with Crippen molar-refractivity contribution < 1.29 is 29.2 Å². The van der Waals surface area contributed by atoms with Gasteiger partial charge in [-0.25, -0.2) is 0 Å². The van der Waals surface area contributed by atoms with Crippen molar-refractivity contribution in [3.63, 3.8) is 0 Å². The lowest BCUT2D eigenvalue weighted by Crippen LogP contribution is -2.24. The Morgan fingerprint density at radius 2 is 1.14 bits per heavy atom. The fourth-order valence-corrected chi connectivity index (χ4v) is 10.6. The number of ketones is 5. The van der Waals surface area contributed by atoms with E-state index in [0.29, 0.717) is 60.1 Å². The number of fused-ring (bicyclic) bond motifs is 5. The van der Waals surface area contributed by atoms with Gasteiger partial charge in [-0.3, -0.25) is 29.0 Å². The molecule has 4 unspecified atom stereocenters. The Kier molecular flexibility index (Phi) is 40.7. The molecular formula is C80H106ClN5O6. The Balaban J connectivity index is 0.000000360. The van der Waals surface area contributed by atoms with Gasteiger partial charge in [0.1, 0.15) is 5.78 Å². The average molecular weight is 1270 g/mol. The van der Waals surface area contributed by atoms with Gasteiger partial charge in [-0.05, 0) is 85.4 Å². The minimum atomic E-state index is 0.0416. The Labute approximate surface area is 557 Å². The summed E-state index contributed by atoms with van der Waals surface area (Å²) in [6.07, 6.45) is 20.9. The molecule has 3 N–H and O–H groups in total. The van der Waals surface area contributed by atoms with Crippen molar-refractivity contribution in [2.24, 2.45) is 22.0 Å². The van der Waals surface area contributed by atoms with Crippen molar-refractivity contribution in [1.82, 2.24) is 15.5 Å². The van der Waals surface area contributed by atoms with Gasteiger partial charge in [0.2, 0.25) is 0 Å². The summed E-state index contributed by atoms with van der Waals surface area (Å²) in [4.78, 5) is 62.6. The van der Waals surface area contributed by atoms with E-state index in [0.717, 1.165) is 92.0 Å². The van der Waals surface area contributed by atoms with Crippen molar-refractivity contribution in [2.75, 3.05) is 26.2 Å². The minimum Gasteiger partial charge on any atom is -0.411 e. The van der Waals surface area contributed by atoms with E-state index in [1.807, 2.05) is 186 Å². The van der Waals surface area contributed by atoms with Crippen LogP contribution in [0.4, 0.5) is 0 Å². The first-order valence-electron chi connectivity index (χ1n) is 33.7. The molecule has 1 saturated carbocycles. The van der Waals surface area contributed by atoms with Crippen LogP contribution in [0.2, 0.25) is 0 Å². The maximum atomic E-state index is 11.9. The van der Waals surface area contributed by atoms with Gasteiger partial charge in [0.15, 0.2) is 23.1 Å². The molecule has 5 aliphatic carbocycles. The smallest absolute Gasteiger partial charge is 0.165 e. The Morgan fingerprint density at radius 1 is 0.598 bits per heavy atom. The van der Waals surface area contributed by atoms with Crippen LogP contribution in [0.5, 0.6) is 0 Å². The van der Waals surface area contributed by atoms with Gasteiger partial charge in [-0.2, -0.15) is 0 Å². The maximum absolute atomic E-state index is 11.9. The molecule has 0 aromatic heterocycles. The van der Waals surface area contributed by atoms with E-state index >= 15 is 0 Å². The standard InChI is InChI=1S/3C13H13NO.C8H9NO.C8H9N.C8H8O.C5H5ClO.6C2H6/c2*15-12-6-5-11-13(12)10-4-2-1-3-9(10)7-8-14-11;15-12-7-6-11(8-12)14-9-13(14)10-4-2-1-3-5-10;1-7(9-10)8-5-3-2-4-6-8;1-2-4-7(5-3-1)8-6-9-8;1-7(9)8-5-3-2-4-6-8;6-4-1-2-5(7)3-4;6*1-2/h1-4,14H,5-8H2;1-4,7,10,13H,5-6,8H2;1-5,8,13H,6-7,9H2;2-6,10H,1H3;1-5,8-9H,6H2;2-6H,1H3;3H,1-2H2;6*1-2H3/b;;;9-7-;;;;;;;;;. The van der Waals surface area contributed by atoms with Gasteiger partial charge >= 0.3 is 0 Å². The van der Waals surface area contributed by atoms with Gasteiger partial charge in [-0.1, -0.05) is 276 Å². The largest absolute Gasteiger partial charge is 0.411 e. The number of Topliss-reactive ketones (excluding diaryl/α,β-unsaturated/α-hetero) is 3. The number of halogens is 1. The Bertz CT molecular complexity index is 3250. The van der Waals surface area contributed by atoms with Gasteiger partial charge in [-0.15, -0.1) is 0 Å². The number of oxime groups is 1. The number of carbonyl (C=O) groups excluding carboxylic acids is 5. The van der Waals surface area contributed by atoms with E-state index in [1.165, 1.54) is 34.0 Å². The van der Waals surface area contributed by atoms with Crippen LogP contribution in [-0.2, 0) is 25.6 Å². The summed E-state index contributed by atoms with van der Waals surface area (Å²) >= 11 is 5.45. The number of rotatable bonds is 5. The maximum Gasteiger partial charge on any atom is 0.165 e. The average Bonchev–Trinajstić information content (AvgIpc) is 2.35. The molecule has 4 aliphatic heterocycles. The van der Waals surface area contributed by atoms with E-state index in [2.05, 4.69) is 105 Å². The fourth-order valence-electron chi connectivity index (χ4n) is 10.3. The lowest BCUT2D eigenvalue weighted by atomic mass is 9.81. The van der Waals surface area contributed by atoms with Crippen LogP contribution in [0.3, 0.4) is 0 Å². The summed E-state index contributed by atoms with van der Waals surface area (Å²) in [7, 11) is 0. The van der Waals surface area contributed by atoms with E-state index in [-0.39, 0.29) is 29.2 Å². The van der Waals surface area contributed by atoms with Gasteiger partial charge in [0, 0.05) is 96.6 Å². The van der Waals surface area contributed by atoms with Crippen molar-refractivity contribution in [1.29, 1.82) is 0 Å². The molecule has 4 atom stereocenters. The summed E-state index contributed by atoms with van der Waals surface area (Å²) < 4.78 is 0.